The van der Waals surface area contributed by atoms with Crippen molar-refractivity contribution in [3.05, 3.63) is 48.3 Å². The zero-order valence-corrected chi connectivity index (χ0v) is 11.4. The average molecular weight is 270 g/mol. The number of aromatic nitrogens is 2. The molecule has 2 aromatic carbocycles. The van der Waals surface area contributed by atoms with Crippen molar-refractivity contribution in [1.29, 1.82) is 0 Å². The molecule has 0 aliphatic carbocycles. The van der Waals surface area contributed by atoms with Gasteiger partial charge < -0.3 is 10.1 Å². The summed E-state index contributed by atoms with van der Waals surface area (Å²) in [6, 6.07) is 14.6. The minimum absolute atomic E-state index is 0.0631. The summed E-state index contributed by atoms with van der Waals surface area (Å²) < 4.78 is 0. The smallest absolute Gasteiger partial charge is 0.133 e. The number of imidazole rings is 1. The molecule has 3 aromatic rings. The molecule has 0 atom stereocenters. The van der Waals surface area contributed by atoms with Crippen LogP contribution >= 0.6 is 11.8 Å². The summed E-state index contributed by atoms with van der Waals surface area (Å²) in [4.78, 5) is 8.66. The highest BCUT2D eigenvalue weighted by molar-refractivity contribution is 7.98. The fourth-order valence-corrected chi connectivity index (χ4v) is 2.51. The van der Waals surface area contributed by atoms with Gasteiger partial charge in [0.05, 0.1) is 11.0 Å². The first kappa shape index (κ1) is 12.3. The summed E-state index contributed by atoms with van der Waals surface area (Å²) in [5.41, 5.74) is 4.16. The number of hydrogen-bond donors (Lipinski definition) is 2. The number of aliphatic hydroxyl groups excluding tert-OH is 1. The summed E-state index contributed by atoms with van der Waals surface area (Å²) >= 11 is 1.74. The third-order valence-electron chi connectivity index (χ3n) is 3.10. The van der Waals surface area contributed by atoms with Crippen molar-refractivity contribution < 1.29 is 5.11 Å². The van der Waals surface area contributed by atoms with Crippen LogP contribution in [0.3, 0.4) is 0 Å². The summed E-state index contributed by atoms with van der Waals surface area (Å²) in [5.74, 6) is 0.602. The van der Waals surface area contributed by atoms with Gasteiger partial charge in [-0.25, -0.2) is 4.98 Å². The maximum Gasteiger partial charge on any atom is 0.133 e. The van der Waals surface area contributed by atoms with Crippen LogP contribution in [0.5, 0.6) is 0 Å². The molecule has 3 rings (SSSR count). The van der Waals surface area contributed by atoms with Gasteiger partial charge in [0.1, 0.15) is 12.4 Å². The minimum atomic E-state index is -0.0631. The molecule has 2 N–H and O–H groups in total. The number of hydrogen-bond acceptors (Lipinski definition) is 3. The molecule has 1 aromatic heterocycles. The van der Waals surface area contributed by atoms with Crippen molar-refractivity contribution >= 4 is 22.8 Å². The number of thioether (sulfide) groups is 1. The largest absolute Gasteiger partial charge is 0.388 e. The van der Waals surface area contributed by atoms with Crippen molar-refractivity contribution in [3.8, 4) is 11.1 Å². The predicted octanol–water partition coefficient (Wildman–Crippen LogP) is 3.44. The quantitative estimate of drug-likeness (QED) is 0.717. The Morgan fingerprint density at radius 1 is 1.11 bits per heavy atom. The molecular weight excluding hydrogens is 256 g/mol. The molecule has 3 nitrogen and oxygen atoms in total. The zero-order valence-electron chi connectivity index (χ0n) is 10.6. The maximum atomic E-state index is 9.09. The second-order valence-electron chi connectivity index (χ2n) is 4.30. The van der Waals surface area contributed by atoms with E-state index in [1.165, 1.54) is 10.5 Å². The number of rotatable bonds is 3. The molecule has 0 fully saturated rings. The lowest BCUT2D eigenvalue weighted by Gasteiger charge is -2.03. The second-order valence-corrected chi connectivity index (χ2v) is 5.18. The van der Waals surface area contributed by atoms with Gasteiger partial charge in [-0.2, -0.15) is 0 Å². The number of fused-ring (bicyclic) bond motifs is 1. The van der Waals surface area contributed by atoms with Crippen LogP contribution in [0.1, 0.15) is 5.82 Å². The Balaban J connectivity index is 2.03. The average Bonchev–Trinajstić information content (AvgIpc) is 2.89. The van der Waals surface area contributed by atoms with Crippen molar-refractivity contribution in [2.45, 2.75) is 11.5 Å². The molecule has 1 heterocycles. The number of nitrogens with one attached hydrogen (secondary N) is 1. The van der Waals surface area contributed by atoms with Gasteiger partial charge in [0.15, 0.2) is 0 Å². The van der Waals surface area contributed by atoms with Crippen LogP contribution in [0, 0.1) is 0 Å². The molecule has 4 heteroatoms. The van der Waals surface area contributed by atoms with Crippen LogP contribution in [0.4, 0.5) is 0 Å². The molecular formula is C15H14N2OS. The SMILES string of the molecule is CSc1ccc(-c2ccc3nc(CO)[nH]c3c2)cc1. The van der Waals surface area contributed by atoms with Crippen molar-refractivity contribution in [3.63, 3.8) is 0 Å². The van der Waals surface area contributed by atoms with Crippen molar-refractivity contribution in [1.82, 2.24) is 9.97 Å². The van der Waals surface area contributed by atoms with E-state index in [0.717, 1.165) is 16.6 Å². The van der Waals surface area contributed by atoms with Crippen LogP contribution in [-0.4, -0.2) is 21.3 Å². The fourth-order valence-electron chi connectivity index (χ4n) is 2.10. The summed E-state index contributed by atoms with van der Waals surface area (Å²) in [7, 11) is 0. The zero-order chi connectivity index (χ0) is 13.2. The fraction of sp³-hybridized carbons (Fsp3) is 0.133. The first-order valence-electron chi connectivity index (χ1n) is 6.04. The molecule has 0 bridgehead atoms. The highest BCUT2D eigenvalue weighted by Crippen LogP contribution is 2.25. The van der Waals surface area contributed by atoms with Gasteiger partial charge in [-0.15, -0.1) is 11.8 Å². The van der Waals surface area contributed by atoms with Gasteiger partial charge in [-0.1, -0.05) is 18.2 Å². The minimum Gasteiger partial charge on any atom is -0.388 e. The van der Waals surface area contributed by atoms with Gasteiger partial charge in [-0.05, 0) is 41.6 Å². The topological polar surface area (TPSA) is 48.9 Å². The third kappa shape index (κ3) is 2.37. The van der Waals surface area contributed by atoms with E-state index in [-0.39, 0.29) is 6.61 Å². The Hall–Kier alpha value is -1.78. The summed E-state index contributed by atoms with van der Waals surface area (Å²) in [5, 5.41) is 9.09. The number of aliphatic hydroxyl groups is 1. The Morgan fingerprint density at radius 2 is 1.84 bits per heavy atom. The monoisotopic (exact) mass is 270 g/mol. The first-order valence-corrected chi connectivity index (χ1v) is 7.26. The number of benzene rings is 2. The van der Waals surface area contributed by atoms with E-state index >= 15 is 0 Å². The Morgan fingerprint density at radius 3 is 2.53 bits per heavy atom. The van der Waals surface area contributed by atoms with E-state index in [9.17, 15) is 0 Å². The number of nitrogens with zero attached hydrogens (tertiary/aromatic N) is 1. The molecule has 0 aliphatic heterocycles. The van der Waals surface area contributed by atoms with Crippen LogP contribution in [0.2, 0.25) is 0 Å². The molecule has 96 valence electrons. The first-order chi connectivity index (χ1) is 9.30. The molecule has 19 heavy (non-hydrogen) atoms. The molecule has 0 spiro atoms. The molecule has 0 unspecified atom stereocenters. The Bertz CT molecular complexity index is 704. The van der Waals surface area contributed by atoms with Gasteiger partial charge in [0.2, 0.25) is 0 Å². The standard InChI is InChI=1S/C15H14N2OS/c1-19-12-5-2-10(3-6-12)11-4-7-13-14(8-11)17-15(9-18)16-13/h2-8,18H,9H2,1H3,(H,16,17). The summed E-state index contributed by atoms with van der Waals surface area (Å²) in [6.07, 6.45) is 2.07. The van der Waals surface area contributed by atoms with E-state index in [1.807, 2.05) is 6.07 Å². The second kappa shape index (κ2) is 5.07. The highest BCUT2D eigenvalue weighted by atomic mass is 32.2. The lowest BCUT2D eigenvalue weighted by molar-refractivity contribution is 0.273. The van der Waals surface area contributed by atoms with Crippen molar-refractivity contribution in [2.24, 2.45) is 0 Å². The van der Waals surface area contributed by atoms with E-state index < -0.39 is 0 Å². The van der Waals surface area contributed by atoms with E-state index in [0.29, 0.717) is 5.82 Å². The maximum absolute atomic E-state index is 9.09. The van der Waals surface area contributed by atoms with Crippen LogP contribution < -0.4 is 0 Å². The molecule has 0 radical (unpaired) electrons. The number of H-pyrrole nitrogens is 1. The van der Waals surface area contributed by atoms with Gasteiger partial charge >= 0.3 is 0 Å². The Kier molecular flexibility index (Phi) is 3.27. The molecule has 0 aliphatic rings. The van der Waals surface area contributed by atoms with Crippen LogP contribution in [0.25, 0.3) is 22.2 Å². The normalized spacial score (nSPS) is 11.1. The van der Waals surface area contributed by atoms with Crippen LogP contribution in [0.15, 0.2) is 47.4 Å². The predicted molar refractivity (Wildman–Crippen MR) is 79.2 cm³/mol. The molecule has 0 amide bonds. The lowest BCUT2D eigenvalue weighted by atomic mass is 10.1. The lowest BCUT2D eigenvalue weighted by Crippen LogP contribution is -1.83. The number of aromatic amines is 1. The highest BCUT2D eigenvalue weighted by Gasteiger charge is 2.04. The summed E-state index contributed by atoms with van der Waals surface area (Å²) in [6.45, 7) is -0.0631. The van der Waals surface area contributed by atoms with Gasteiger partial charge in [0, 0.05) is 4.90 Å². The van der Waals surface area contributed by atoms with E-state index in [2.05, 4.69) is 52.6 Å². The van der Waals surface area contributed by atoms with Gasteiger partial charge in [-0.3, -0.25) is 0 Å². The Labute approximate surface area is 115 Å². The van der Waals surface area contributed by atoms with E-state index in [4.69, 9.17) is 5.11 Å². The van der Waals surface area contributed by atoms with Crippen LogP contribution in [-0.2, 0) is 6.61 Å². The third-order valence-corrected chi connectivity index (χ3v) is 3.85. The van der Waals surface area contributed by atoms with E-state index in [1.54, 1.807) is 11.8 Å². The van der Waals surface area contributed by atoms with Gasteiger partial charge in [0.25, 0.3) is 0 Å². The van der Waals surface area contributed by atoms with Crippen molar-refractivity contribution in [2.75, 3.05) is 6.26 Å². The molecule has 0 saturated carbocycles. The molecule has 0 saturated heterocycles.